The fourth-order valence-electron chi connectivity index (χ4n) is 3.34. The highest BCUT2D eigenvalue weighted by Gasteiger charge is 2.30. The number of nitrogens with one attached hydrogen (secondary N) is 1. The molecule has 0 bridgehead atoms. The number of fused-ring (bicyclic) bond motifs is 1. The van der Waals surface area contributed by atoms with Gasteiger partial charge in [-0.15, -0.1) is 0 Å². The predicted molar refractivity (Wildman–Crippen MR) is 75.7 cm³/mol. The van der Waals surface area contributed by atoms with Crippen molar-refractivity contribution in [3.63, 3.8) is 0 Å². The van der Waals surface area contributed by atoms with E-state index in [4.69, 9.17) is 9.47 Å². The summed E-state index contributed by atoms with van der Waals surface area (Å²) in [6.07, 6.45) is 5.03. The number of para-hydroxylation sites is 1. The van der Waals surface area contributed by atoms with Crippen LogP contribution in [-0.2, 0) is 4.74 Å². The molecule has 3 heteroatoms. The molecule has 0 aromatic heterocycles. The van der Waals surface area contributed by atoms with Crippen LogP contribution >= 0.6 is 0 Å². The quantitative estimate of drug-likeness (QED) is 0.904. The van der Waals surface area contributed by atoms with E-state index in [-0.39, 0.29) is 0 Å². The van der Waals surface area contributed by atoms with Gasteiger partial charge in [0.2, 0.25) is 0 Å². The molecule has 1 fully saturated rings. The van der Waals surface area contributed by atoms with E-state index < -0.39 is 0 Å². The van der Waals surface area contributed by atoms with Crippen molar-refractivity contribution < 1.29 is 9.47 Å². The third-order valence-corrected chi connectivity index (χ3v) is 4.41. The highest BCUT2D eigenvalue weighted by molar-refractivity contribution is 5.37. The highest BCUT2D eigenvalue weighted by Crippen LogP contribution is 2.37. The zero-order valence-corrected chi connectivity index (χ0v) is 11.6. The molecular weight excluding hydrogens is 238 g/mol. The van der Waals surface area contributed by atoms with Crippen LogP contribution in [0.25, 0.3) is 0 Å². The standard InChI is InChI=1S/C16H23NO2/c1-17-14(16-7-4-9-18-16)11-12-8-10-19-15-6-3-2-5-13(12)15/h2-3,5-6,12,14,16-17H,4,7-11H2,1H3. The van der Waals surface area contributed by atoms with Gasteiger partial charge in [-0.05, 0) is 50.3 Å². The number of hydrogen-bond donors (Lipinski definition) is 1. The van der Waals surface area contributed by atoms with Crippen LogP contribution in [0.3, 0.4) is 0 Å². The molecule has 1 saturated heterocycles. The Morgan fingerprint density at radius 1 is 1.26 bits per heavy atom. The molecule has 0 aliphatic carbocycles. The molecule has 0 amide bonds. The molecule has 2 heterocycles. The van der Waals surface area contributed by atoms with E-state index in [0.717, 1.165) is 31.8 Å². The lowest BCUT2D eigenvalue weighted by atomic mass is 9.85. The van der Waals surface area contributed by atoms with Gasteiger partial charge < -0.3 is 14.8 Å². The van der Waals surface area contributed by atoms with Crippen molar-refractivity contribution in [2.45, 2.75) is 43.7 Å². The highest BCUT2D eigenvalue weighted by atomic mass is 16.5. The molecule has 1 aromatic carbocycles. The Morgan fingerprint density at radius 3 is 2.95 bits per heavy atom. The van der Waals surface area contributed by atoms with E-state index in [1.54, 1.807) is 0 Å². The minimum Gasteiger partial charge on any atom is -0.493 e. The molecule has 19 heavy (non-hydrogen) atoms. The Bertz CT molecular complexity index is 415. The first-order valence-electron chi connectivity index (χ1n) is 7.39. The Kier molecular flexibility index (Phi) is 4.04. The zero-order chi connectivity index (χ0) is 13.1. The summed E-state index contributed by atoms with van der Waals surface area (Å²) in [6.45, 7) is 1.76. The van der Waals surface area contributed by atoms with Crippen LogP contribution in [0.5, 0.6) is 5.75 Å². The van der Waals surface area contributed by atoms with Crippen LogP contribution < -0.4 is 10.1 Å². The van der Waals surface area contributed by atoms with Gasteiger partial charge in [0, 0.05) is 12.6 Å². The van der Waals surface area contributed by atoms with E-state index >= 15 is 0 Å². The Balaban J connectivity index is 1.72. The van der Waals surface area contributed by atoms with E-state index in [9.17, 15) is 0 Å². The van der Waals surface area contributed by atoms with Crippen molar-refractivity contribution >= 4 is 0 Å². The second-order valence-electron chi connectivity index (χ2n) is 5.55. The fourth-order valence-corrected chi connectivity index (χ4v) is 3.34. The maximum absolute atomic E-state index is 5.84. The summed E-state index contributed by atoms with van der Waals surface area (Å²) in [4.78, 5) is 0. The average molecular weight is 261 g/mol. The van der Waals surface area contributed by atoms with Gasteiger partial charge in [-0.1, -0.05) is 18.2 Å². The summed E-state index contributed by atoms with van der Waals surface area (Å²) in [5.74, 6) is 1.66. The summed E-state index contributed by atoms with van der Waals surface area (Å²) >= 11 is 0. The molecule has 3 rings (SSSR count). The monoisotopic (exact) mass is 261 g/mol. The van der Waals surface area contributed by atoms with Gasteiger partial charge in [0.1, 0.15) is 5.75 Å². The smallest absolute Gasteiger partial charge is 0.122 e. The predicted octanol–water partition coefficient (Wildman–Crippen LogP) is 2.71. The second-order valence-corrected chi connectivity index (χ2v) is 5.55. The summed E-state index contributed by atoms with van der Waals surface area (Å²) in [5.41, 5.74) is 1.37. The van der Waals surface area contributed by atoms with Gasteiger partial charge in [0.05, 0.1) is 12.7 Å². The minimum absolute atomic E-state index is 0.389. The topological polar surface area (TPSA) is 30.5 Å². The average Bonchev–Trinajstić information content (AvgIpc) is 2.99. The van der Waals surface area contributed by atoms with Gasteiger partial charge in [-0.2, -0.15) is 0 Å². The lowest BCUT2D eigenvalue weighted by molar-refractivity contribution is 0.0738. The van der Waals surface area contributed by atoms with Crippen molar-refractivity contribution in [2.75, 3.05) is 20.3 Å². The number of hydrogen-bond acceptors (Lipinski definition) is 3. The first-order chi connectivity index (χ1) is 9.38. The number of likely N-dealkylation sites (N-methyl/N-ethyl adjacent to an activating group) is 1. The number of ether oxygens (including phenoxy) is 2. The van der Waals surface area contributed by atoms with Crippen LogP contribution in [-0.4, -0.2) is 32.4 Å². The molecule has 0 saturated carbocycles. The molecule has 1 aromatic rings. The van der Waals surface area contributed by atoms with Crippen LogP contribution in [0.2, 0.25) is 0 Å². The molecule has 3 atom stereocenters. The molecular formula is C16H23NO2. The molecule has 2 aliphatic heterocycles. The van der Waals surface area contributed by atoms with Crippen molar-refractivity contribution in [1.29, 1.82) is 0 Å². The first-order valence-corrected chi connectivity index (χ1v) is 7.39. The number of benzene rings is 1. The van der Waals surface area contributed by atoms with Crippen LogP contribution in [0.4, 0.5) is 0 Å². The maximum Gasteiger partial charge on any atom is 0.122 e. The lowest BCUT2D eigenvalue weighted by Gasteiger charge is -2.31. The summed E-state index contributed by atoms with van der Waals surface area (Å²) in [7, 11) is 2.05. The molecule has 104 valence electrons. The third-order valence-electron chi connectivity index (χ3n) is 4.41. The molecule has 1 N–H and O–H groups in total. The SMILES string of the molecule is CNC(CC1CCOc2ccccc21)C1CCCO1. The van der Waals surface area contributed by atoms with Crippen LogP contribution in [0.15, 0.2) is 24.3 Å². The number of rotatable bonds is 4. The largest absolute Gasteiger partial charge is 0.493 e. The van der Waals surface area contributed by atoms with Crippen molar-refractivity contribution in [3.05, 3.63) is 29.8 Å². The second kappa shape index (κ2) is 5.93. The van der Waals surface area contributed by atoms with Gasteiger partial charge >= 0.3 is 0 Å². The first kappa shape index (κ1) is 12.9. The summed E-state index contributed by atoms with van der Waals surface area (Å²) < 4.78 is 11.6. The van der Waals surface area contributed by atoms with E-state index in [0.29, 0.717) is 18.1 Å². The molecule has 3 unspecified atom stereocenters. The molecule has 3 nitrogen and oxygen atoms in total. The van der Waals surface area contributed by atoms with E-state index in [1.165, 1.54) is 18.4 Å². The maximum atomic E-state index is 5.84. The van der Waals surface area contributed by atoms with Crippen LogP contribution in [0.1, 0.15) is 37.2 Å². The Hall–Kier alpha value is -1.06. The van der Waals surface area contributed by atoms with Crippen LogP contribution in [0, 0.1) is 0 Å². The van der Waals surface area contributed by atoms with Gasteiger partial charge in [-0.3, -0.25) is 0 Å². The summed E-state index contributed by atoms with van der Waals surface area (Å²) in [5, 5.41) is 3.46. The van der Waals surface area contributed by atoms with Gasteiger partial charge in [0.15, 0.2) is 0 Å². The molecule has 2 aliphatic rings. The lowest BCUT2D eigenvalue weighted by Crippen LogP contribution is -2.39. The van der Waals surface area contributed by atoms with Gasteiger partial charge in [-0.25, -0.2) is 0 Å². The zero-order valence-electron chi connectivity index (χ0n) is 11.6. The Labute approximate surface area is 115 Å². The van der Waals surface area contributed by atoms with Crippen molar-refractivity contribution in [2.24, 2.45) is 0 Å². The van der Waals surface area contributed by atoms with Crippen molar-refractivity contribution in [3.8, 4) is 5.75 Å². The molecule has 0 spiro atoms. The molecule has 0 radical (unpaired) electrons. The van der Waals surface area contributed by atoms with Crippen molar-refractivity contribution in [1.82, 2.24) is 5.32 Å². The summed E-state index contributed by atoms with van der Waals surface area (Å²) in [6, 6.07) is 8.92. The van der Waals surface area contributed by atoms with Gasteiger partial charge in [0.25, 0.3) is 0 Å². The minimum atomic E-state index is 0.389. The third kappa shape index (κ3) is 2.77. The fraction of sp³-hybridized carbons (Fsp3) is 0.625. The van der Waals surface area contributed by atoms with E-state index in [2.05, 4.69) is 36.6 Å². The normalized spacial score (nSPS) is 27.6. The Morgan fingerprint density at radius 2 is 2.16 bits per heavy atom. The van der Waals surface area contributed by atoms with E-state index in [1.807, 2.05) is 0 Å².